The van der Waals surface area contributed by atoms with Crippen molar-refractivity contribution < 1.29 is 14.3 Å². The van der Waals surface area contributed by atoms with Gasteiger partial charge < -0.3 is 19.7 Å². The zero-order valence-corrected chi connectivity index (χ0v) is 15.8. The molecule has 0 aliphatic carbocycles. The molecule has 1 aromatic heterocycles. The summed E-state index contributed by atoms with van der Waals surface area (Å²) in [6.45, 7) is 3.31. The van der Waals surface area contributed by atoms with Crippen molar-refractivity contribution in [1.82, 2.24) is 10.2 Å². The number of hydrogen-bond acceptors (Lipinski definition) is 5. The zero-order chi connectivity index (χ0) is 18.1. The smallest absolute Gasteiger partial charge is 0.258 e. The van der Waals surface area contributed by atoms with Crippen LogP contribution >= 0.6 is 11.3 Å². The molecule has 5 nitrogen and oxygen atoms in total. The Hall–Kier alpha value is -2.05. The SMILES string of the molecule is CCCOc1ccc(OCC(=O)NCC(c2cccs2)N(C)C)cc1. The molecule has 0 saturated heterocycles. The molecule has 0 fully saturated rings. The number of carbonyl (C=O) groups is 1. The maximum atomic E-state index is 12.0. The van der Waals surface area contributed by atoms with Gasteiger partial charge in [0.05, 0.1) is 12.6 Å². The number of thiophene rings is 1. The van der Waals surface area contributed by atoms with Gasteiger partial charge in [-0.15, -0.1) is 11.3 Å². The zero-order valence-electron chi connectivity index (χ0n) is 15.0. The van der Waals surface area contributed by atoms with E-state index in [9.17, 15) is 4.79 Å². The first kappa shape index (κ1) is 19.3. The normalized spacial score (nSPS) is 12.0. The fraction of sp³-hybridized carbons (Fsp3) is 0.421. The Morgan fingerprint density at radius 3 is 2.40 bits per heavy atom. The van der Waals surface area contributed by atoms with Gasteiger partial charge >= 0.3 is 0 Å². The number of amides is 1. The molecule has 0 aliphatic heterocycles. The van der Waals surface area contributed by atoms with E-state index in [4.69, 9.17) is 9.47 Å². The maximum absolute atomic E-state index is 12.0. The van der Waals surface area contributed by atoms with Crippen LogP contribution in [0.5, 0.6) is 11.5 Å². The second kappa shape index (κ2) is 10.1. The molecule has 2 rings (SSSR count). The van der Waals surface area contributed by atoms with E-state index in [0.29, 0.717) is 18.9 Å². The molecular formula is C19H26N2O3S. The van der Waals surface area contributed by atoms with E-state index in [2.05, 4.69) is 23.2 Å². The van der Waals surface area contributed by atoms with E-state index >= 15 is 0 Å². The van der Waals surface area contributed by atoms with E-state index in [0.717, 1.165) is 12.2 Å². The van der Waals surface area contributed by atoms with Crippen LogP contribution in [0.4, 0.5) is 0 Å². The van der Waals surface area contributed by atoms with E-state index in [1.54, 1.807) is 11.3 Å². The molecule has 1 atom stereocenters. The van der Waals surface area contributed by atoms with E-state index in [-0.39, 0.29) is 18.6 Å². The minimum atomic E-state index is -0.130. The lowest BCUT2D eigenvalue weighted by atomic mass is 10.2. The molecule has 2 aromatic rings. The quantitative estimate of drug-likeness (QED) is 0.704. The minimum Gasteiger partial charge on any atom is -0.494 e. The van der Waals surface area contributed by atoms with Crippen LogP contribution in [0.15, 0.2) is 41.8 Å². The number of rotatable bonds is 10. The lowest BCUT2D eigenvalue weighted by molar-refractivity contribution is -0.123. The Balaban J connectivity index is 1.76. The second-order valence-corrected chi connectivity index (χ2v) is 6.89. The molecule has 0 spiro atoms. The average molecular weight is 362 g/mol. The van der Waals surface area contributed by atoms with Crippen molar-refractivity contribution in [3.63, 3.8) is 0 Å². The van der Waals surface area contributed by atoms with Crippen LogP contribution in [0.2, 0.25) is 0 Å². The highest BCUT2D eigenvalue weighted by atomic mass is 32.1. The van der Waals surface area contributed by atoms with Crippen molar-refractivity contribution in [3.05, 3.63) is 46.7 Å². The molecule has 1 unspecified atom stereocenters. The Labute approximate surface area is 153 Å². The summed E-state index contributed by atoms with van der Waals surface area (Å²) in [7, 11) is 4.02. The number of likely N-dealkylation sites (N-methyl/N-ethyl adjacent to an activating group) is 1. The third-order valence-electron chi connectivity index (χ3n) is 3.65. The Morgan fingerprint density at radius 2 is 1.84 bits per heavy atom. The predicted molar refractivity (Wildman–Crippen MR) is 101 cm³/mol. The fourth-order valence-corrected chi connectivity index (χ4v) is 3.20. The first-order valence-corrected chi connectivity index (χ1v) is 9.30. The van der Waals surface area contributed by atoms with Gasteiger partial charge in [0, 0.05) is 11.4 Å². The summed E-state index contributed by atoms with van der Waals surface area (Å²) in [6, 6.07) is 11.6. The first-order valence-electron chi connectivity index (χ1n) is 8.42. The van der Waals surface area contributed by atoms with E-state index in [1.165, 1.54) is 4.88 Å². The van der Waals surface area contributed by atoms with Crippen molar-refractivity contribution >= 4 is 17.2 Å². The van der Waals surface area contributed by atoms with Crippen molar-refractivity contribution in [3.8, 4) is 11.5 Å². The van der Waals surface area contributed by atoms with Crippen molar-refractivity contribution in [2.24, 2.45) is 0 Å². The number of nitrogens with zero attached hydrogens (tertiary/aromatic N) is 1. The molecule has 6 heteroatoms. The highest BCUT2D eigenvalue weighted by Gasteiger charge is 2.16. The van der Waals surface area contributed by atoms with Crippen molar-refractivity contribution in [2.45, 2.75) is 19.4 Å². The summed E-state index contributed by atoms with van der Waals surface area (Å²) >= 11 is 1.69. The van der Waals surface area contributed by atoms with Gasteiger partial charge in [-0.2, -0.15) is 0 Å². The van der Waals surface area contributed by atoms with Gasteiger partial charge in [-0.1, -0.05) is 13.0 Å². The number of ether oxygens (including phenoxy) is 2. The van der Waals surface area contributed by atoms with Gasteiger partial charge in [-0.3, -0.25) is 4.79 Å². The van der Waals surface area contributed by atoms with E-state index < -0.39 is 0 Å². The third-order valence-corrected chi connectivity index (χ3v) is 4.63. The molecule has 0 saturated carbocycles. The number of carbonyl (C=O) groups excluding carboxylic acids is 1. The molecule has 25 heavy (non-hydrogen) atoms. The van der Waals surface area contributed by atoms with Crippen LogP contribution in [0, 0.1) is 0 Å². The van der Waals surface area contributed by atoms with Crippen LogP contribution in [0.1, 0.15) is 24.3 Å². The summed E-state index contributed by atoms with van der Waals surface area (Å²) < 4.78 is 11.1. The predicted octanol–water partition coefficient (Wildman–Crippen LogP) is 3.33. The largest absolute Gasteiger partial charge is 0.494 e. The summed E-state index contributed by atoms with van der Waals surface area (Å²) in [6.07, 6.45) is 0.970. The molecule has 0 bridgehead atoms. The first-order chi connectivity index (χ1) is 12.1. The third kappa shape index (κ3) is 6.40. The van der Waals surface area contributed by atoms with Crippen molar-refractivity contribution in [2.75, 3.05) is 33.9 Å². The van der Waals surface area contributed by atoms with Gasteiger partial charge in [-0.25, -0.2) is 0 Å². The molecule has 1 heterocycles. The summed E-state index contributed by atoms with van der Waals surface area (Å²) in [5, 5.41) is 4.98. The second-order valence-electron chi connectivity index (χ2n) is 5.91. The minimum absolute atomic E-state index is 0.000245. The van der Waals surface area contributed by atoms with Crippen LogP contribution in [0.25, 0.3) is 0 Å². The molecule has 0 aliphatic rings. The van der Waals surface area contributed by atoms with E-state index in [1.807, 2.05) is 49.8 Å². The number of hydrogen-bond donors (Lipinski definition) is 1. The Bertz CT molecular complexity index is 627. The molecule has 1 aromatic carbocycles. The van der Waals surface area contributed by atoms with Gasteiger partial charge in [0.25, 0.3) is 5.91 Å². The van der Waals surface area contributed by atoms with Gasteiger partial charge in [0.1, 0.15) is 11.5 Å². The van der Waals surface area contributed by atoms with Crippen molar-refractivity contribution in [1.29, 1.82) is 0 Å². The van der Waals surface area contributed by atoms with Gasteiger partial charge in [0.15, 0.2) is 6.61 Å². The van der Waals surface area contributed by atoms with Crippen LogP contribution < -0.4 is 14.8 Å². The topological polar surface area (TPSA) is 50.8 Å². The lowest BCUT2D eigenvalue weighted by Crippen LogP contribution is -2.36. The molecule has 0 radical (unpaired) electrons. The fourth-order valence-electron chi connectivity index (χ4n) is 2.28. The molecule has 1 amide bonds. The number of benzene rings is 1. The number of nitrogens with one attached hydrogen (secondary N) is 1. The standard InChI is InChI=1S/C19H26N2O3S/c1-4-11-23-15-7-9-16(10-8-15)24-14-19(22)20-13-17(21(2)3)18-6-5-12-25-18/h5-10,12,17H,4,11,13-14H2,1-3H3,(H,20,22). The highest BCUT2D eigenvalue weighted by molar-refractivity contribution is 7.10. The van der Waals surface area contributed by atoms with Crippen LogP contribution in [0.3, 0.4) is 0 Å². The highest BCUT2D eigenvalue weighted by Crippen LogP contribution is 2.22. The maximum Gasteiger partial charge on any atom is 0.258 e. The lowest BCUT2D eigenvalue weighted by Gasteiger charge is -2.23. The Morgan fingerprint density at radius 1 is 1.16 bits per heavy atom. The van der Waals surface area contributed by atoms with Crippen LogP contribution in [-0.4, -0.2) is 44.7 Å². The van der Waals surface area contributed by atoms with Gasteiger partial charge in [0.2, 0.25) is 0 Å². The molecule has 1 N–H and O–H groups in total. The summed E-state index contributed by atoms with van der Waals surface area (Å²) in [5.74, 6) is 1.33. The molecule has 136 valence electrons. The average Bonchev–Trinajstić information content (AvgIpc) is 3.13. The summed E-state index contributed by atoms with van der Waals surface area (Å²) in [5.41, 5.74) is 0. The molecular weight excluding hydrogens is 336 g/mol. The van der Waals surface area contributed by atoms with Gasteiger partial charge in [-0.05, 0) is 56.2 Å². The monoisotopic (exact) mass is 362 g/mol. The Kier molecular flexibility index (Phi) is 7.76. The summed E-state index contributed by atoms with van der Waals surface area (Å²) in [4.78, 5) is 15.4. The van der Waals surface area contributed by atoms with Crippen LogP contribution in [-0.2, 0) is 4.79 Å².